The van der Waals surface area contributed by atoms with Crippen molar-refractivity contribution in [2.45, 2.75) is 52.0 Å². The Kier molecular flexibility index (Phi) is 5.28. The molecule has 1 aliphatic heterocycles. The van der Waals surface area contributed by atoms with Gasteiger partial charge in [0, 0.05) is 5.92 Å². The molecular weight excluding hydrogens is 272 g/mol. The van der Waals surface area contributed by atoms with Crippen molar-refractivity contribution >= 4 is 5.91 Å². The van der Waals surface area contributed by atoms with Crippen LogP contribution >= 0.6 is 0 Å². The van der Waals surface area contributed by atoms with Crippen LogP contribution in [0.5, 0.6) is 0 Å². The SMILES string of the molecule is C[C@H](NC(=O)C1CCN(C)CC1)c1ccc(C(C)(C)C)cc1. The molecule has 0 unspecified atom stereocenters. The van der Waals surface area contributed by atoms with E-state index < -0.39 is 0 Å². The number of rotatable bonds is 3. The van der Waals surface area contributed by atoms with Crippen LogP contribution in [0.4, 0.5) is 0 Å². The molecule has 0 aliphatic carbocycles. The van der Waals surface area contributed by atoms with Crippen LogP contribution in [0.2, 0.25) is 0 Å². The second-order valence-electron chi connectivity index (χ2n) is 7.68. The van der Waals surface area contributed by atoms with Crippen molar-refractivity contribution in [2.75, 3.05) is 20.1 Å². The molecule has 3 heteroatoms. The summed E-state index contributed by atoms with van der Waals surface area (Å²) in [4.78, 5) is 14.7. The third-order valence-electron chi connectivity index (χ3n) is 4.72. The molecule has 0 aromatic heterocycles. The molecule has 0 radical (unpaired) electrons. The van der Waals surface area contributed by atoms with E-state index in [1.807, 2.05) is 0 Å². The van der Waals surface area contributed by atoms with E-state index in [-0.39, 0.29) is 23.3 Å². The first-order valence-corrected chi connectivity index (χ1v) is 8.37. The number of likely N-dealkylation sites (tertiary alicyclic amines) is 1. The van der Waals surface area contributed by atoms with Gasteiger partial charge in [-0.05, 0) is 56.4 Å². The number of nitrogens with zero attached hydrogens (tertiary/aromatic N) is 1. The lowest BCUT2D eigenvalue weighted by Crippen LogP contribution is -2.39. The lowest BCUT2D eigenvalue weighted by molar-refractivity contribution is -0.127. The van der Waals surface area contributed by atoms with Crippen LogP contribution in [0.25, 0.3) is 0 Å². The van der Waals surface area contributed by atoms with Crippen molar-refractivity contribution in [1.82, 2.24) is 10.2 Å². The van der Waals surface area contributed by atoms with Crippen molar-refractivity contribution in [2.24, 2.45) is 5.92 Å². The molecule has 1 amide bonds. The molecule has 1 fully saturated rings. The van der Waals surface area contributed by atoms with Gasteiger partial charge in [-0.2, -0.15) is 0 Å². The quantitative estimate of drug-likeness (QED) is 0.927. The van der Waals surface area contributed by atoms with Crippen LogP contribution in [0, 0.1) is 5.92 Å². The third kappa shape index (κ3) is 4.33. The van der Waals surface area contributed by atoms with Crippen LogP contribution in [0.1, 0.15) is 57.7 Å². The Morgan fingerprint density at radius 3 is 2.23 bits per heavy atom. The zero-order chi connectivity index (χ0) is 16.3. The highest BCUT2D eigenvalue weighted by molar-refractivity contribution is 5.79. The predicted molar refractivity (Wildman–Crippen MR) is 91.9 cm³/mol. The summed E-state index contributed by atoms with van der Waals surface area (Å²) < 4.78 is 0. The summed E-state index contributed by atoms with van der Waals surface area (Å²) in [6.07, 6.45) is 1.94. The van der Waals surface area contributed by atoms with Crippen LogP contribution in [-0.4, -0.2) is 30.9 Å². The minimum Gasteiger partial charge on any atom is -0.349 e. The molecule has 2 rings (SSSR count). The molecule has 1 aromatic rings. The molecule has 1 atom stereocenters. The number of hydrogen-bond donors (Lipinski definition) is 1. The number of nitrogens with one attached hydrogen (secondary N) is 1. The Morgan fingerprint density at radius 1 is 1.18 bits per heavy atom. The molecule has 1 aromatic carbocycles. The molecule has 1 N–H and O–H groups in total. The zero-order valence-corrected chi connectivity index (χ0v) is 14.6. The Labute approximate surface area is 135 Å². The number of carbonyl (C=O) groups is 1. The first-order chi connectivity index (χ1) is 10.3. The number of amides is 1. The van der Waals surface area contributed by atoms with E-state index in [4.69, 9.17) is 0 Å². The topological polar surface area (TPSA) is 32.3 Å². The van der Waals surface area contributed by atoms with Crippen LogP contribution in [0.15, 0.2) is 24.3 Å². The van der Waals surface area contributed by atoms with Gasteiger partial charge >= 0.3 is 0 Å². The van der Waals surface area contributed by atoms with E-state index in [1.54, 1.807) is 0 Å². The summed E-state index contributed by atoms with van der Waals surface area (Å²) in [6, 6.07) is 8.70. The Bertz CT molecular complexity index is 493. The molecule has 0 bridgehead atoms. The average Bonchev–Trinajstić information content (AvgIpc) is 2.47. The van der Waals surface area contributed by atoms with Crippen molar-refractivity contribution < 1.29 is 4.79 Å². The molecule has 22 heavy (non-hydrogen) atoms. The number of hydrogen-bond acceptors (Lipinski definition) is 2. The summed E-state index contributed by atoms with van der Waals surface area (Å²) in [6.45, 7) is 10.8. The van der Waals surface area contributed by atoms with Gasteiger partial charge in [0.05, 0.1) is 6.04 Å². The Morgan fingerprint density at radius 2 is 1.73 bits per heavy atom. The highest BCUT2D eigenvalue weighted by atomic mass is 16.1. The lowest BCUT2D eigenvalue weighted by Gasteiger charge is -2.29. The highest BCUT2D eigenvalue weighted by Gasteiger charge is 2.24. The maximum Gasteiger partial charge on any atom is 0.223 e. The molecular formula is C19H30N2O. The lowest BCUT2D eigenvalue weighted by atomic mass is 9.86. The summed E-state index contributed by atoms with van der Waals surface area (Å²) in [7, 11) is 2.12. The highest BCUT2D eigenvalue weighted by Crippen LogP contribution is 2.24. The fraction of sp³-hybridized carbons (Fsp3) is 0.632. The number of carbonyl (C=O) groups excluding carboxylic acids is 1. The Hall–Kier alpha value is -1.35. The van der Waals surface area contributed by atoms with Gasteiger partial charge in [-0.15, -0.1) is 0 Å². The van der Waals surface area contributed by atoms with Crippen molar-refractivity contribution in [3.63, 3.8) is 0 Å². The maximum atomic E-state index is 12.4. The number of benzene rings is 1. The van der Waals surface area contributed by atoms with E-state index >= 15 is 0 Å². The summed E-state index contributed by atoms with van der Waals surface area (Å²) in [5, 5.41) is 3.18. The average molecular weight is 302 g/mol. The third-order valence-corrected chi connectivity index (χ3v) is 4.72. The minimum absolute atomic E-state index is 0.0705. The van der Waals surface area contributed by atoms with Gasteiger partial charge in [0.2, 0.25) is 5.91 Å². The van der Waals surface area contributed by atoms with E-state index in [1.165, 1.54) is 11.1 Å². The van der Waals surface area contributed by atoms with Gasteiger partial charge < -0.3 is 10.2 Å². The molecule has 1 heterocycles. The van der Waals surface area contributed by atoms with E-state index in [2.05, 4.69) is 69.2 Å². The summed E-state index contributed by atoms with van der Waals surface area (Å²) in [5.41, 5.74) is 2.67. The zero-order valence-electron chi connectivity index (χ0n) is 14.6. The van der Waals surface area contributed by atoms with Crippen LogP contribution < -0.4 is 5.32 Å². The second kappa shape index (κ2) is 6.82. The molecule has 3 nitrogen and oxygen atoms in total. The molecule has 1 saturated heterocycles. The van der Waals surface area contributed by atoms with Gasteiger partial charge in [0.25, 0.3) is 0 Å². The van der Waals surface area contributed by atoms with Crippen LogP contribution in [0.3, 0.4) is 0 Å². The van der Waals surface area contributed by atoms with Crippen molar-refractivity contribution in [3.05, 3.63) is 35.4 Å². The smallest absolute Gasteiger partial charge is 0.223 e. The monoisotopic (exact) mass is 302 g/mol. The second-order valence-corrected chi connectivity index (χ2v) is 7.68. The predicted octanol–water partition coefficient (Wildman–Crippen LogP) is 3.50. The molecule has 0 saturated carbocycles. The molecule has 0 spiro atoms. The van der Waals surface area contributed by atoms with E-state index in [9.17, 15) is 4.79 Å². The summed E-state index contributed by atoms with van der Waals surface area (Å²) >= 11 is 0. The largest absolute Gasteiger partial charge is 0.349 e. The maximum absolute atomic E-state index is 12.4. The minimum atomic E-state index is 0.0705. The van der Waals surface area contributed by atoms with Gasteiger partial charge in [-0.1, -0.05) is 45.0 Å². The normalized spacial score (nSPS) is 19.0. The van der Waals surface area contributed by atoms with Crippen LogP contribution in [-0.2, 0) is 10.2 Å². The van der Waals surface area contributed by atoms with E-state index in [0.717, 1.165) is 25.9 Å². The van der Waals surface area contributed by atoms with Crippen molar-refractivity contribution in [1.29, 1.82) is 0 Å². The Balaban J connectivity index is 1.94. The summed E-state index contributed by atoms with van der Waals surface area (Å²) in [5.74, 6) is 0.382. The van der Waals surface area contributed by atoms with Gasteiger partial charge in [0.15, 0.2) is 0 Å². The van der Waals surface area contributed by atoms with E-state index in [0.29, 0.717) is 0 Å². The standard InChI is InChI=1S/C19H30N2O/c1-14(15-6-8-17(9-7-15)19(2,3)4)20-18(22)16-10-12-21(5)13-11-16/h6-9,14,16H,10-13H2,1-5H3,(H,20,22)/t14-/m0/s1. The van der Waals surface area contributed by atoms with Gasteiger partial charge in [-0.25, -0.2) is 0 Å². The first kappa shape index (κ1) is 17.0. The first-order valence-electron chi connectivity index (χ1n) is 8.37. The number of piperidine rings is 1. The fourth-order valence-electron chi connectivity index (χ4n) is 2.96. The van der Waals surface area contributed by atoms with Crippen molar-refractivity contribution in [3.8, 4) is 0 Å². The molecule has 1 aliphatic rings. The van der Waals surface area contributed by atoms with Gasteiger partial charge in [0.1, 0.15) is 0 Å². The molecule has 122 valence electrons. The fourth-order valence-corrected chi connectivity index (χ4v) is 2.96. The van der Waals surface area contributed by atoms with Gasteiger partial charge in [-0.3, -0.25) is 4.79 Å².